The Hall–Kier alpha value is -0.520. The molecule has 0 rings (SSSR count). The summed E-state index contributed by atoms with van der Waals surface area (Å²) < 4.78 is 0. The van der Waals surface area contributed by atoms with Crippen molar-refractivity contribution in [1.29, 1.82) is 5.53 Å². The zero-order chi connectivity index (χ0) is 7.82. The molecular formula is C5H13N3O2. The molecule has 3 N–H and O–H groups in total. The minimum atomic E-state index is 0.0372. The molecule has 0 amide bonds. The summed E-state index contributed by atoms with van der Waals surface area (Å²) in [6.45, 7) is 1.25. The molecule has 5 nitrogen and oxygen atoms in total. The van der Waals surface area contributed by atoms with Gasteiger partial charge in [0.15, 0.2) is 0 Å². The van der Waals surface area contributed by atoms with Crippen LogP contribution >= 0.6 is 0 Å². The van der Waals surface area contributed by atoms with Gasteiger partial charge in [0.1, 0.15) is 6.67 Å². The fraction of sp³-hybridized carbons (Fsp3) is 1.00. The molecule has 0 heterocycles. The van der Waals surface area contributed by atoms with Gasteiger partial charge in [0.2, 0.25) is 0 Å². The van der Waals surface area contributed by atoms with E-state index in [1.165, 1.54) is 0 Å². The van der Waals surface area contributed by atoms with Crippen LogP contribution in [0, 0.1) is 5.53 Å². The minimum Gasteiger partial charge on any atom is -0.395 e. The van der Waals surface area contributed by atoms with Crippen LogP contribution in [0.3, 0.4) is 0 Å². The molecule has 60 valence electrons. The van der Waals surface area contributed by atoms with Crippen LogP contribution < -0.4 is 0 Å². The number of hydrogen-bond donors (Lipinski definition) is 3. The van der Waals surface area contributed by atoms with Crippen LogP contribution in [0.25, 0.3) is 0 Å². The average molecular weight is 147 g/mol. The van der Waals surface area contributed by atoms with Gasteiger partial charge in [-0.3, -0.25) is 4.90 Å². The van der Waals surface area contributed by atoms with Crippen molar-refractivity contribution in [2.24, 2.45) is 5.11 Å². The molecule has 0 aliphatic carbocycles. The molecule has 0 fully saturated rings. The summed E-state index contributed by atoms with van der Waals surface area (Å²) in [5, 5.41) is 20.1. The minimum absolute atomic E-state index is 0.0372. The monoisotopic (exact) mass is 147 g/mol. The van der Waals surface area contributed by atoms with E-state index in [1.807, 2.05) is 0 Å². The van der Waals surface area contributed by atoms with E-state index in [0.29, 0.717) is 13.1 Å². The first-order valence-corrected chi connectivity index (χ1v) is 3.12. The molecule has 0 aromatic carbocycles. The molecule has 0 atom stereocenters. The molecular weight excluding hydrogens is 134 g/mol. The molecule has 0 aliphatic heterocycles. The maximum absolute atomic E-state index is 8.46. The van der Waals surface area contributed by atoms with Gasteiger partial charge < -0.3 is 10.2 Å². The predicted molar refractivity (Wildman–Crippen MR) is 35.8 cm³/mol. The second-order valence-corrected chi connectivity index (χ2v) is 1.86. The fourth-order valence-corrected chi connectivity index (χ4v) is 0.636. The second kappa shape index (κ2) is 6.60. The number of aliphatic hydroxyl groups is 2. The predicted octanol–water partition coefficient (Wildman–Crippen LogP) is -0.739. The number of aliphatic hydroxyl groups excluding tert-OH is 2. The highest BCUT2D eigenvalue weighted by molar-refractivity contribution is 4.51. The normalized spacial score (nSPS) is 10.3. The van der Waals surface area contributed by atoms with Crippen molar-refractivity contribution in [1.82, 2.24) is 4.90 Å². The Morgan fingerprint density at radius 1 is 1.20 bits per heavy atom. The van der Waals surface area contributed by atoms with Crippen molar-refractivity contribution in [2.45, 2.75) is 0 Å². The summed E-state index contributed by atoms with van der Waals surface area (Å²) in [6.07, 6.45) is 0. The summed E-state index contributed by atoms with van der Waals surface area (Å²) in [7, 11) is 0. The summed E-state index contributed by atoms with van der Waals surface area (Å²) in [6, 6.07) is 0. The van der Waals surface area contributed by atoms with Crippen LogP contribution in [0.2, 0.25) is 0 Å². The summed E-state index contributed by atoms with van der Waals surface area (Å²) in [5.74, 6) is 0. The number of nitrogens with zero attached hydrogens (tertiary/aromatic N) is 2. The van der Waals surface area contributed by atoms with Gasteiger partial charge in [-0.15, -0.1) is 0 Å². The van der Waals surface area contributed by atoms with Gasteiger partial charge in [-0.1, -0.05) is 0 Å². The Balaban J connectivity index is 3.38. The van der Waals surface area contributed by atoms with E-state index in [9.17, 15) is 0 Å². The second-order valence-electron chi connectivity index (χ2n) is 1.86. The molecule has 0 aromatic heterocycles. The molecule has 0 bridgehead atoms. The van der Waals surface area contributed by atoms with E-state index >= 15 is 0 Å². The van der Waals surface area contributed by atoms with Crippen molar-refractivity contribution in [3.63, 3.8) is 0 Å². The Morgan fingerprint density at radius 2 is 1.70 bits per heavy atom. The topological polar surface area (TPSA) is 79.9 Å². The van der Waals surface area contributed by atoms with Gasteiger partial charge in [-0.25, -0.2) is 5.53 Å². The van der Waals surface area contributed by atoms with Crippen molar-refractivity contribution < 1.29 is 10.2 Å². The zero-order valence-electron chi connectivity index (χ0n) is 5.82. The van der Waals surface area contributed by atoms with Gasteiger partial charge in [0.05, 0.1) is 13.2 Å². The van der Waals surface area contributed by atoms with Crippen molar-refractivity contribution in [3.05, 3.63) is 0 Å². The molecule has 0 unspecified atom stereocenters. The first-order valence-electron chi connectivity index (χ1n) is 3.12. The van der Waals surface area contributed by atoms with Crippen LogP contribution in [0.1, 0.15) is 0 Å². The van der Waals surface area contributed by atoms with Gasteiger partial charge in [-0.2, -0.15) is 5.11 Å². The third-order valence-corrected chi connectivity index (χ3v) is 1.10. The van der Waals surface area contributed by atoms with E-state index in [0.717, 1.165) is 0 Å². The first-order chi connectivity index (χ1) is 4.85. The fourth-order valence-electron chi connectivity index (χ4n) is 0.636. The summed E-state index contributed by atoms with van der Waals surface area (Å²) in [5.41, 5.74) is 6.51. The zero-order valence-corrected chi connectivity index (χ0v) is 5.82. The standard InChI is InChI=1S/C5H13N3O2/c6-7-5-8(1-3-9)2-4-10/h6,9-10H,1-5H2. The van der Waals surface area contributed by atoms with Crippen molar-refractivity contribution in [2.75, 3.05) is 33.0 Å². The Morgan fingerprint density at radius 3 is 2.00 bits per heavy atom. The van der Waals surface area contributed by atoms with Crippen LogP contribution in [0.5, 0.6) is 0 Å². The maximum atomic E-state index is 8.46. The Kier molecular flexibility index (Phi) is 6.25. The van der Waals surface area contributed by atoms with Gasteiger partial charge in [0, 0.05) is 13.1 Å². The van der Waals surface area contributed by atoms with Crippen molar-refractivity contribution in [3.8, 4) is 0 Å². The van der Waals surface area contributed by atoms with Crippen LogP contribution in [0.4, 0.5) is 0 Å². The molecule has 0 spiro atoms. The highest BCUT2D eigenvalue weighted by Crippen LogP contribution is 1.85. The first kappa shape index (κ1) is 9.48. The van der Waals surface area contributed by atoms with E-state index < -0.39 is 0 Å². The molecule has 0 saturated heterocycles. The molecule has 0 aliphatic rings. The quantitative estimate of drug-likeness (QED) is 0.433. The molecule has 0 radical (unpaired) electrons. The Labute approximate surface area is 59.8 Å². The Bertz CT molecular complexity index is 83.0. The lowest BCUT2D eigenvalue weighted by Gasteiger charge is -2.15. The smallest absolute Gasteiger partial charge is 0.112 e. The van der Waals surface area contributed by atoms with E-state index in [1.54, 1.807) is 4.90 Å². The highest BCUT2D eigenvalue weighted by Gasteiger charge is 1.99. The van der Waals surface area contributed by atoms with E-state index in [-0.39, 0.29) is 19.9 Å². The lowest BCUT2D eigenvalue weighted by molar-refractivity contribution is 0.162. The van der Waals surface area contributed by atoms with Crippen LogP contribution in [-0.2, 0) is 0 Å². The van der Waals surface area contributed by atoms with Crippen LogP contribution in [-0.4, -0.2) is 48.1 Å². The summed E-state index contributed by atoms with van der Waals surface area (Å²) >= 11 is 0. The number of hydrogen-bond acceptors (Lipinski definition) is 5. The van der Waals surface area contributed by atoms with Crippen molar-refractivity contribution >= 4 is 0 Å². The number of nitrogens with one attached hydrogen (secondary N) is 1. The maximum Gasteiger partial charge on any atom is 0.112 e. The van der Waals surface area contributed by atoms with Crippen LogP contribution in [0.15, 0.2) is 5.11 Å². The van der Waals surface area contributed by atoms with Gasteiger partial charge in [0.25, 0.3) is 0 Å². The third-order valence-electron chi connectivity index (χ3n) is 1.10. The van der Waals surface area contributed by atoms with Gasteiger partial charge >= 0.3 is 0 Å². The molecule has 0 saturated carbocycles. The lowest BCUT2D eigenvalue weighted by Crippen LogP contribution is -2.29. The highest BCUT2D eigenvalue weighted by atomic mass is 16.3. The van der Waals surface area contributed by atoms with Gasteiger partial charge in [-0.05, 0) is 0 Å². The third kappa shape index (κ3) is 4.37. The molecule has 0 aromatic rings. The summed E-state index contributed by atoms with van der Waals surface area (Å²) in [4.78, 5) is 1.69. The largest absolute Gasteiger partial charge is 0.395 e. The van der Waals surface area contributed by atoms with E-state index in [4.69, 9.17) is 15.7 Å². The molecule has 5 heteroatoms. The lowest BCUT2D eigenvalue weighted by atomic mass is 10.5. The van der Waals surface area contributed by atoms with E-state index in [2.05, 4.69) is 5.11 Å². The molecule has 10 heavy (non-hydrogen) atoms. The SMILES string of the molecule is N=NCN(CCO)CCO. The average Bonchev–Trinajstić information content (AvgIpc) is 1.90. The number of rotatable bonds is 6.